The van der Waals surface area contributed by atoms with Crippen LogP contribution in [0.4, 0.5) is 13.2 Å². The zero-order valence-electron chi connectivity index (χ0n) is 12.4. The fourth-order valence-electron chi connectivity index (χ4n) is 3.43. The maximum absolute atomic E-state index is 13.7. The summed E-state index contributed by atoms with van der Waals surface area (Å²) in [4.78, 5) is 25.0. The van der Waals surface area contributed by atoms with Gasteiger partial charge in [-0.05, 0) is 30.4 Å². The number of likely N-dealkylation sites (tertiary alicyclic amines) is 1. The van der Waals surface area contributed by atoms with Gasteiger partial charge in [0, 0.05) is 13.0 Å². The van der Waals surface area contributed by atoms with Crippen LogP contribution >= 0.6 is 0 Å². The van der Waals surface area contributed by atoms with Crippen LogP contribution < -0.4 is 5.32 Å². The molecule has 1 aromatic rings. The third-order valence-corrected chi connectivity index (χ3v) is 4.59. The number of aryl methyl sites for hydroxylation is 1. The SMILES string of the molecule is O=C(CN1CCCC1=O)NC1(C(F)(F)F)CCc2ccccc21. The van der Waals surface area contributed by atoms with E-state index in [-0.39, 0.29) is 30.9 Å². The zero-order valence-corrected chi connectivity index (χ0v) is 12.4. The Balaban J connectivity index is 1.84. The highest BCUT2D eigenvalue weighted by Crippen LogP contribution is 2.47. The van der Waals surface area contributed by atoms with Crippen molar-refractivity contribution >= 4 is 11.8 Å². The van der Waals surface area contributed by atoms with Gasteiger partial charge in [0.05, 0.1) is 6.54 Å². The Hall–Kier alpha value is -2.05. The second-order valence-electron chi connectivity index (χ2n) is 6.03. The molecule has 1 heterocycles. The monoisotopic (exact) mass is 326 g/mol. The molecule has 0 radical (unpaired) electrons. The lowest BCUT2D eigenvalue weighted by atomic mass is 9.90. The van der Waals surface area contributed by atoms with E-state index >= 15 is 0 Å². The molecule has 1 atom stereocenters. The van der Waals surface area contributed by atoms with E-state index in [0.717, 1.165) is 0 Å². The van der Waals surface area contributed by atoms with Gasteiger partial charge in [0.15, 0.2) is 5.54 Å². The van der Waals surface area contributed by atoms with Crippen LogP contribution in [-0.4, -0.2) is 36.0 Å². The lowest BCUT2D eigenvalue weighted by Crippen LogP contribution is -2.56. The predicted molar refractivity (Wildman–Crippen MR) is 76.5 cm³/mol. The number of rotatable bonds is 3. The average molecular weight is 326 g/mol. The Morgan fingerprint density at radius 3 is 2.65 bits per heavy atom. The number of fused-ring (bicyclic) bond motifs is 1. The Bertz CT molecular complexity index is 644. The van der Waals surface area contributed by atoms with Crippen LogP contribution in [-0.2, 0) is 21.5 Å². The molecule has 124 valence electrons. The van der Waals surface area contributed by atoms with E-state index in [4.69, 9.17) is 0 Å². The van der Waals surface area contributed by atoms with E-state index in [2.05, 4.69) is 5.32 Å². The quantitative estimate of drug-likeness (QED) is 0.925. The minimum absolute atomic E-state index is 0.105. The maximum atomic E-state index is 13.7. The molecule has 2 amide bonds. The molecule has 1 aliphatic carbocycles. The number of carbonyl (C=O) groups excluding carboxylic acids is 2. The molecule has 7 heteroatoms. The van der Waals surface area contributed by atoms with E-state index in [9.17, 15) is 22.8 Å². The smallest absolute Gasteiger partial charge is 0.337 e. The number of alkyl halides is 3. The Kier molecular flexibility index (Phi) is 3.82. The second-order valence-corrected chi connectivity index (χ2v) is 6.03. The molecule has 1 unspecified atom stereocenters. The van der Waals surface area contributed by atoms with E-state index in [1.807, 2.05) is 0 Å². The Morgan fingerprint density at radius 2 is 2.00 bits per heavy atom. The minimum atomic E-state index is -4.59. The summed E-state index contributed by atoms with van der Waals surface area (Å²) in [5.74, 6) is -0.956. The van der Waals surface area contributed by atoms with Gasteiger partial charge in [-0.3, -0.25) is 9.59 Å². The van der Waals surface area contributed by atoms with E-state index < -0.39 is 17.6 Å². The van der Waals surface area contributed by atoms with Gasteiger partial charge in [-0.2, -0.15) is 13.2 Å². The molecule has 3 rings (SSSR count). The first-order valence-corrected chi connectivity index (χ1v) is 7.57. The maximum Gasteiger partial charge on any atom is 0.415 e. The number of halogens is 3. The van der Waals surface area contributed by atoms with Gasteiger partial charge in [0.2, 0.25) is 11.8 Å². The van der Waals surface area contributed by atoms with Crippen molar-refractivity contribution in [2.45, 2.75) is 37.4 Å². The summed E-state index contributed by atoms with van der Waals surface area (Å²) in [7, 11) is 0. The molecule has 0 aromatic heterocycles. The molecule has 1 N–H and O–H groups in total. The summed E-state index contributed by atoms with van der Waals surface area (Å²) in [6.45, 7) is 0.0979. The molecule has 0 saturated carbocycles. The first-order valence-electron chi connectivity index (χ1n) is 7.57. The van der Waals surface area contributed by atoms with Crippen LogP contribution in [0, 0.1) is 0 Å². The molecule has 2 aliphatic rings. The van der Waals surface area contributed by atoms with Crippen molar-refractivity contribution in [3.63, 3.8) is 0 Å². The van der Waals surface area contributed by atoms with Gasteiger partial charge in [-0.15, -0.1) is 0 Å². The van der Waals surface area contributed by atoms with E-state index in [0.29, 0.717) is 24.9 Å². The number of amides is 2. The van der Waals surface area contributed by atoms with Crippen molar-refractivity contribution in [2.24, 2.45) is 0 Å². The average Bonchev–Trinajstić information content (AvgIpc) is 3.04. The largest absolute Gasteiger partial charge is 0.415 e. The summed E-state index contributed by atoms with van der Waals surface area (Å²) in [5, 5.41) is 2.18. The molecular formula is C16H17F3N2O2. The van der Waals surface area contributed by atoms with Crippen molar-refractivity contribution in [3.8, 4) is 0 Å². The van der Waals surface area contributed by atoms with Crippen LogP contribution in [0.1, 0.15) is 30.4 Å². The highest BCUT2D eigenvalue weighted by atomic mass is 19.4. The third-order valence-electron chi connectivity index (χ3n) is 4.59. The Morgan fingerprint density at radius 1 is 1.26 bits per heavy atom. The minimum Gasteiger partial charge on any atom is -0.337 e. The van der Waals surface area contributed by atoms with Gasteiger partial charge in [0.25, 0.3) is 0 Å². The van der Waals surface area contributed by atoms with Crippen LogP contribution in [0.15, 0.2) is 24.3 Å². The van der Waals surface area contributed by atoms with Crippen LogP contribution in [0.5, 0.6) is 0 Å². The van der Waals surface area contributed by atoms with E-state index in [1.54, 1.807) is 18.2 Å². The van der Waals surface area contributed by atoms with Crippen LogP contribution in [0.3, 0.4) is 0 Å². The van der Waals surface area contributed by atoms with E-state index in [1.165, 1.54) is 11.0 Å². The van der Waals surface area contributed by atoms with Crippen molar-refractivity contribution < 1.29 is 22.8 Å². The van der Waals surface area contributed by atoms with Crippen molar-refractivity contribution in [1.82, 2.24) is 10.2 Å². The Labute approximate surface area is 131 Å². The van der Waals surface area contributed by atoms with Crippen molar-refractivity contribution in [1.29, 1.82) is 0 Å². The summed E-state index contributed by atoms with van der Waals surface area (Å²) < 4.78 is 41.2. The topological polar surface area (TPSA) is 49.4 Å². The standard InChI is InChI=1S/C16H17F3N2O2/c17-16(18,19)15(8-7-11-4-1-2-5-12(11)15)20-13(22)10-21-9-3-6-14(21)23/h1-2,4-5H,3,6-10H2,(H,20,22). The number of carbonyl (C=O) groups is 2. The first-order chi connectivity index (χ1) is 10.8. The lowest BCUT2D eigenvalue weighted by molar-refractivity contribution is -0.202. The fraction of sp³-hybridized carbons (Fsp3) is 0.500. The predicted octanol–water partition coefficient (Wildman–Crippen LogP) is 2.13. The van der Waals surface area contributed by atoms with Gasteiger partial charge < -0.3 is 10.2 Å². The summed E-state index contributed by atoms with van der Waals surface area (Å²) >= 11 is 0. The molecule has 0 spiro atoms. The van der Waals surface area contributed by atoms with Crippen LogP contribution in [0.2, 0.25) is 0 Å². The molecule has 23 heavy (non-hydrogen) atoms. The normalized spacial score (nSPS) is 24.0. The van der Waals surface area contributed by atoms with Gasteiger partial charge >= 0.3 is 6.18 Å². The summed E-state index contributed by atoms with van der Waals surface area (Å²) in [5.41, 5.74) is -1.65. The first kappa shape index (κ1) is 15.8. The highest BCUT2D eigenvalue weighted by molar-refractivity contribution is 5.86. The molecule has 1 aliphatic heterocycles. The number of nitrogens with one attached hydrogen (secondary N) is 1. The van der Waals surface area contributed by atoms with Crippen molar-refractivity contribution in [2.75, 3.05) is 13.1 Å². The third kappa shape index (κ3) is 2.68. The van der Waals surface area contributed by atoms with Crippen molar-refractivity contribution in [3.05, 3.63) is 35.4 Å². The summed E-state index contributed by atoms with van der Waals surface area (Å²) in [6.07, 6.45) is -3.56. The zero-order chi connectivity index (χ0) is 16.7. The molecule has 4 nitrogen and oxygen atoms in total. The van der Waals surface area contributed by atoms with Gasteiger partial charge in [-0.25, -0.2) is 0 Å². The molecule has 1 fully saturated rings. The molecular weight excluding hydrogens is 309 g/mol. The number of hydrogen-bond donors (Lipinski definition) is 1. The fourth-order valence-corrected chi connectivity index (χ4v) is 3.43. The lowest BCUT2D eigenvalue weighted by Gasteiger charge is -2.34. The highest BCUT2D eigenvalue weighted by Gasteiger charge is 2.59. The number of hydrogen-bond acceptors (Lipinski definition) is 2. The van der Waals surface area contributed by atoms with Crippen LogP contribution in [0.25, 0.3) is 0 Å². The summed E-state index contributed by atoms with van der Waals surface area (Å²) in [6, 6.07) is 6.30. The molecule has 1 saturated heterocycles. The molecule has 1 aromatic carbocycles. The van der Waals surface area contributed by atoms with Gasteiger partial charge in [-0.1, -0.05) is 24.3 Å². The second kappa shape index (κ2) is 5.54. The number of nitrogens with zero attached hydrogens (tertiary/aromatic N) is 1. The molecule has 0 bridgehead atoms. The number of benzene rings is 1. The van der Waals surface area contributed by atoms with Gasteiger partial charge in [0.1, 0.15) is 0 Å².